The van der Waals surface area contributed by atoms with Crippen LogP contribution in [0.15, 0.2) is 46.9 Å². The Labute approximate surface area is 121 Å². The van der Waals surface area contributed by atoms with Crippen molar-refractivity contribution in [3.05, 3.63) is 58.1 Å². The Morgan fingerprint density at radius 2 is 2.00 bits per heavy atom. The lowest BCUT2D eigenvalue weighted by Gasteiger charge is -2.11. The van der Waals surface area contributed by atoms with Crippen LogP contribution in [0, 0.1) is 0 Å². The first kappa shape index (κ1) is 13.9. The average molecular weight is 322 g/mol. The number of halogens is 1. The number of nitrogens with two attached hydrogens (primary N) is 1. The molecule has 0 spiro atoms. The van der Waals surface area contributed by atoms with Crippen molar-refractivity contribution >= 4 is 15.9 Å². The summed E-state index contributed by atoms with van der Waals surface area (Å²) in [6.07, 6.45) is 0.773. The van der Waals surface area contributed by atoms with Gasteiger partial charge in [-0.25, -0.2) is 0 Å². The SMILES string of the molecule is NCCc1cc(Br)ccc1OCc1cccc(O)c1. The second-order valence-electron chi connectivity index (χ2n) is 4.25. The van der Waals surface area contributed by atoms with Gasteiger partial charge in [0.2, 0.25) is 0 Å². The van der Waals surface area contributed by atoms with Crippen molar-refractivity contribution in [2.24, 2.45) is 5.73 Å². The summed E-state index contributed by atoms with van der Waals surface area (Å²) < 4.78 is 6.81. The van der Waals surface area contributed by atoms with Crippen molar-refractivity contribution in [2.75, 3.05) is 6.54 Å². The van der Waals surface area contributed by atoms with E-state index >= 15 is 0 Å². The summed E-state index contributed by atoms with van der Waals surface area (Å²) in [4.78, 5) is 0. The molecule has 0 atom stereocenters. The predicted molar refractivity (Wildman–Crippen MR) is 79.3 cm³/mol. The van der Waals surface area contributed by atoms with Gasteiger partial charge in [-0.3, -0.25) is 0 Å². The summed E-state index contributed by atoms with van der Waals surface area (Å²) in [5.41, 5.74) is 7.62. The molecule has 2 rings (SSSR count). The van der Waals surface area contributed by atoms with Crippen LogP contribution in [-0.4, -0.2) is 11.7 Å². The summed E-state index contributed by atoms with van der Waals surface area (Å²) in [6.45, 7) is 1.01. The molecule has 0 aliphatic rings. The second-order valence-corrected chi connectivity index (χ2v) is 5.16. The van der Waals surface area contributed by atoms with Gasteiger partial charge >= 0.3 is 0 Å². The topological polar surface area (TPSA) is 55.5 Å². The monoisotopic (exact) mass is 321 g/mol. The van der Waals surface area contributed by atoms with Crippen molar-refractivity contribution in [1.82, 2.24) is 0 Å². The zero-order chi connectivity index (χ0) is 13.7. The van der Waals surface area contributed by atoms with Crippen molar-refractivity contribution in [3.63, 3.8) is 0 Å². The summed E-state index contributed by atoms with van der Waals surface area (Å²) >= 11 is 3.44. The highest BCUT2D eigenvalue weighted by atomic mass is 79.9. The van der Waals surface area contributed by atoms with E-state index in [-0.39, 0.29) is 5.75 Å². The van der Waals surface area contributed by atoms with E-state index in [1.54, 1.807) is 18.2 Å². The van der Waals surface area contributed by atoms with Gasteiger partial charge in [0.05, 0.1) is 0 Å². The standard InChI is InChI=1S/C15H16BrNO2/c16-13-4-5-15(12(9-13)6-7-17)19-10-11-2-1-3-14(18)8-11/h1-5,8-9,18H,6-7,10,17H2. The van der Waals surface area contributed by atoms with E-state index in [9.17, 15) is 5.11 Å². The minimum atomic E-state index is 0.249. The molecule has 3 N–H and O–H groups in total. The van der Waals surface area contributed by atoms with E-state index < -0.39 is 0 Å². The summed E-state index contributed by atoms with van der Waals surface area (Å²) in [6, 6.07) is 12.9. The zero-order valence-electron chi connectivity index (χ0n) is 10.5. The predicted octanol–water partition coefficient (Wildman–Crippen LogP) is 3.23. The van der Waals surface area contributed by atoms with Crippen LogP contribution in [0.1, 0.15) is 11.1 Å². The van der Waals surface area contributed by atoms with Crippen LogP contribution in [0.25, 0.3) is 0 Å². The van der Waals surface area contributed by atoms with Gasteiger partial charge in [0.1, 0.15) is 18.1 Å². The maximum Gasteiger partial charge on any atom is 0.123 e. The molecule has 0 saturated carbocycles. The maximum atomic E-state index is 9.41. The molecule has 0 bridgehead atoms. The van der Waals surface area contributed by atoms with Crippen LogP contribution in [0.2, 0.25) is 0 Å². The fourth-order valence-electron chi connectivity index (χ4n) is 1.85. The molecular weight excluding hydrogens is 306 g/mol. The molecule has 2 aromatic carbocycles. The smallest absolute Gasteiger partial charge is 0.123 e. The van der Waals surface area contributed by atoms with Crippen molar-refractivity contribution < 1.29 is 9.84 Å². The van der Waals surface area contributed by atoms with Crippen molar-refractivity contribution in [1.29, 1.82) is 0 Å². The van der Waals surface area contributed by atoms with Crippen LogP contribution in [0.3, 0.4) is 0 Å². The Hall–Kier alpha value is -1.52. The molecule has 0 fully saturated rings. The summed E-state index contributed by atoms with van der Waals surface area (Å²) in [5.74, 6) is 1.08. The molecule has 0 aliphatic carbocycles. The fraction of sp³-hybridized carbons (Fsp3) is 0.200. The Kier molecular flexibility index (Phi) is 4.82. The van der Waals surface area contributed by atoms with Gasteiger partial charge in [0, 0.05) is 4.47 Å². The number of hydrogen-bond acceptors (Lipinski definition) is 3. The molecule has 0 amide bonds. The first-order chi connectivity index (χ1) is 9.19. The van der Waals surface area contributed by atoms with Crippen LogP contribution in [0.5, 0.6) is 11.5 Å². The van der Waals surface area contributed by atoms with Gasteiger partial charge < -0.3 is 15.6 Å². The Balaban J connectivity index is 2.10. The molecule has 2 aromatic rings. The quantitative estimate of drug-likeness (QED) is 0.888. The lowest BCUT2D eigenvalue weighted by molar-refractivity contribution is 0.302. The van der Waals surface area contributed by atoms with Crippen molar-refractivity contribution in [2.45, 2.75) is 13.0 Å². The number of aromatic hydroxyl groups is 1. The molecule has 0 aromatic heterocycles. The van der Waals surface area contributed by atoms with E-state index in [1.807, 2.05) is 24.3 Å². The molecule has 0 radical (unpaired) electrons. The minimum absolute atomic E-state index is 0.249. The van der Waals surface area contributed by atoms with Crippen molar-refractivity contribution in [3.8, 4) is 11.5 Å². The highest BCUT2D eigenvalue weighted by Gasteiger charge is 2.05. The first-order valence-corrected chi connectivity index (χ1v) is 6.87. The third kappa shape index (κ3) is 3.98. The third-order valence-electron chi connectivity index (χ3n) is 2.74. The number of hydrogen-bond donors (Lipinski definition) is 2. The molecule has 100 valence electrons. The number of ether oxygens (including phenoxy) is 1. The minimum Gasteiger partial charge on any atom is -0.508 e. The van der Waals surface area contributed by atoms with E-state index in [4.69, 9.17) is 10.5 Å². The summed E-state index contributed by atoms with van der Waals surface area (Å²) in [7, 11) is 0. The van der Waals surface area contributed by atoms with Crippen LogP contribution in [0.4, 0.5) is 0 Å². The van der Waals surface area contributed by atoms with E-state index in [0.717, 1.165) is 27.8 Å². The Bertz CT molecular complexity index is 558. The fourth-order valence-corrected chi connectivity index (χ4v) is 2.26. The highest BCUT2D eigenvalue weighted by molar-refractivity contribution is 9.10. The maximum absolute atomic E-state index is 9.41. The zero-order valence-corrected chi connectivity index (χ0v) is 12.1. The van der Waals surface area contributed by atoms with Gasteiger partial charge in [0.25, 0.3) is 0 Å². The van der Waals surface area contributed by atoms with Crippen LogP contribution >= 0.6 is 15.9 Å². The molecule has 0 unspecified atom stereocenters. The molecular formula is C15H16BrNO2. The first-order valence-electron chi connectivity index (χ1n) is 6.08. The molecule has 19 heavy (non-hydrogen) atoms. The van der Waals surface area contributed by atoms with Gasteiger partial charge in [-0.2, -0.15) is 0 Å². The molecule has 0 saturated heterocycles. The average Bonchev–Trinajstić information content (AvgIpc) is 2.38. The number of phenolic OH excluding ortho intramolecular Hbond substituents is 1. The molecule has 0 aliphatic heterocycles. The molecule has 0 heterocycles. The highest BCUT2D eigenvalue weighted by Crippen LogP contribution is 2.24. The molecule has 4 heteroatoms. The van der Waals surface area contributed by atoms with Crippen LogP contribution in [-0.2, 0) is 13.0 Å². The number of rotatable bonds is 5. The molecule has 3 nitrogen and oxygen atoms in total. The summed E-state index contributed by atoms with van der Waals surface area (Å²) in [5, 5.41) is 9.41. The second kappa shape index (κ2) is 6.59. The lowest BCUT2D eigenvalue weighted by atomic mass is 10.1. The Morgan fingerprint density at radius 1 is 1.16 bits per heavy atom. The normalized spacial score (nSPS) is 10.4. The van der Waals surface area contributed by atoms with Gasteiger partial charge in [-0.15, -0.1) is 0 Å². The van der Waals surface area contributed by atoms with Gasteiger partial charge in [-0.1, -0.05) is 28.1 Å². The van der Waals surface area contributed by atoms with Crippen LogP contribution < -0.4 is 10.5 Å². The van der Waals surface area contributed by atoms with Gasteiger partial charge in [0.15, 0.2) is 0 Å². The van der Waals surface area contributed by atoms with Gasteiger partial charge in [-0.05, 0) is 54.4 Å². The Morgan fingerprint density at radius 3 is 2.74 bits per heavy atom. The number of benzene rings is 2. The van der Waals surface area contributed by atoms with E-state index in [0.29, 0.717) is 13.2 Å². The van der Waals surface area contributed by atoms with E-state index in [1.165, 1.54) is 0 Å². The van der Waals surface area contributed by atoms with E-state index in [2.05, 4.69) is 15.9 Å². The third-order valence-corrected chi connectivity index (χ3v) is 3.23. The lowest BCUT2D eigenvalue weighted by Crippen LogP contribution is -2.05. The number of phenols is 1. The largest absolute Gasteiger partial charge is 0.508 e.